The number of halogens is 3. The Labute approximate surface area is 151 Å². The van der Waals surface area contributed by atoms with E-state index in [1.807, 2.05) is 0 Å². The standard InChI is InChI=1S/C19H25F3N2O2/c20-19(21,22)16-4-2-15(3-5-16)12-23-9-1-7-18(13-23)8-6-17(26)24(14-18)10-11-25/h2-5,25H,1,6-14H2/t18-/m1/s1. The Balaban J connectivity index is 1.64. The molecule has 1 atom stereocenters. The quantitative estimate of drug-likeness (QED) is 0.886. The number of carbonyl (C=O) groups is 1. The molecule has 0 bridgehead atoms. The first-order valence-corrected chi connectivity index (χ1v) is 9.08. The minimum atomic E-state index is -4.31. The second-order valence-electron chi connectivity index (χ2n) is 7.55. The number of alkyl halides is 3. The maximum atomic E-state index is 12.7. The third kappa shape index (κ3) is 4.38. The number of rotatable bonds is 4. The zero-order valence-electron chi connectivity index (χ0n) is 14.8. The molecule has 1 amide bonds. The Morgan fingerprint density at radius 2 is 1.85 bits per heavy atom. The Morgan fingerprint density at radius 1 is 1.12 bits per heavy atom. The molecule has 1 aromatic carbocycles. The molecule has 3 rings (SSSR count). The maximum Gasteiger partial charge on any atom is 0.416 e. The van der Waals surface area contributed by atoms with Crippen LogP contribution in [0.15, 0.2) is 24.3 Å². The number of nitrogens with zero attached hydrogens (tertiary/aromatic N) is 2. The topological polar surface area (TPSA) is 43.8 Å². The Morgan fingerprint density at radius 3 is 2.50 bits per heavy atom. The summed E-state index contributed by atoms with van der Waals surface area (Å²) in [7, 11) is 0. The van der Waals surface area contributed by atoms with E-state index in [0.29, 0.717) is 26.1 Å². The molecule has 26 heavy (non-hydrogen) atoms. The summed E-state index contributed by atoms with van der Waals surface area (Å²) in [6.07, 6.45) is -0.891. The second kappa shape index (κ2) is 7.56. The van der Waals surface area contributed by atoms with Gasteiger partial charge in [-0.2, -0.15) is 13.2 Å². The van der Waals surface area contributed by atoms with Crippen LogP contribution in [0.3, 0.4) is 0 Å². The van der Waals surface area contributed by atoms with Crippen LogP contribution >= 0.6 is 0 Å². The van der Waals surface area contributed by atoms with Crippen molar-refractivity contribution in [1.29, 1.82) is 0 Å². The lowest BCUT2D eigenvalue weighted by molar-refractivity contribution is -0.140. The lowest BCUT2D eigenvalue weighted by Crippen LogP contribution is -2.54. The molecule has 144 valence electrons. The lowest BCUT2D eigenvalue weighted by Gasteiger charge is -2.48. The average molecular weight is 370 g/mol. The van der Waals surface area contributed by atoms with E-state index >= 15 is 0 Å². The number of aliphatic hydroxyl groups is 1. The summed E-state index contributed by atoms with van der Waals surface area (Å²) in [5.41, 5.74) is 0.281. The summed E-state index contributed by atoms with van der Waals surface area (Å²) < 4.78 is 38.1. The Bertz CT molecular complexity index is 633. The highest BCUT2D eigenvalue weighted by molar-refractivity contribution is 5.77. The lowest BCUT2D eigenvalue weighted by atomic mass is 9.73. The van der Waals surface area contributed by atoms with E-state index < -0.39 is 11.7 Å². The highest BCUT2D eigenvalue weighted by Crippen LogP contribution is 2.39. The van der Waals surface area contributed by atoms with Gasteiger partial charge in [-0.25, -0.2) is 0 Å². The van der Waals surface area contributed by atoms with Gasteiger partial charge in [0.1, 0.15) is 0 Å². The summed E-state index contributed by atoms with van der Waals surface area (Å²) in [4.78, 5) is 16.0. The van der Waals surface area contributed by atoms with Crippen molar-refractivity contribution in [3.63, 3.8) is 0 Å². The van der Waals surface area contributed by atoms with Crippen molar-refractivity contribution in [1.82, 2.24) is 9.80 Å². The number of likely N-dealkylation sites (tertiary alicyclic amines) is 2. The van der Waals surface area contributed by atoms with E-state index in [1.54, 1.807) is 17.0 Å². The van der Waals surface area contributed by atoms with E-state index in [-0.39, 0.29) is 17.9 Å². The van der Waals surface area contributed by atoms with Crippen LogP contribution in [0.2, 0.25) is 0 Å². The summed E-state index contributed by atoms with van der Waals surface area (Å²) in [5.74, 6) is 0.101. The zero-order chi connectivity index (χ0) is 18.8. The third-order valence-corrected chi connectivity index (χ3v) is 5.55. The van der Waals surface area contributed by atoms with Crippen LogP contribution in [0, 0.1) is 5.41 Å². The van der Waals surface area contributed by atoms with Gasteiger partial charge >= 0.3 is 6.18 Å². The molecule has 1 N–H and O–H groups in total. The van der Waals surface area contributed by atoms with Gasteiger partial charge in [-0.1, -0.05) is 12.1 Å². The molecule has 2 saturated heterocycles. The van der Waals surface area contributed by atoms with Crippen molar-refractivity contribution >= 4 is 5.91 Å². The molecule has 2 fully saturated rings. The van der Waals surface area contributed by atoms with Crippen LogP contribution in [0.25, 0.3) is 0 Å². The average Bonchev–Trinajstić information content (AvgIpc) is 2.59. The number of hydrogen-bond donors (Lipinski definition) is 1. The van der Waals surface area contributed by atoms with Gasteiger partial charge in [0.15, 0.2) is 0 Å². The van der Waals surface area contributed by atoms with Crippen molar-refractivity contribution in [2.75, 3.05) is 32.8 Å². The van der Waals surface area contributed by atoms with E-state index in [9.17, 15) is 18.0 Å². The van der Waals surface area contributed by atoms with Gasteiger partial charge in [-0.05, 0) is 43.5 Å². The van der Waals surface area contributed by atoms with Crippen molar-refractivity contribution < 1.29 is 23.1 Å². The Kier molecular flexibility index (Phi) is 5.58. The van der Waals surface area contributed by atoms with E-state index in [2.05, 4.69) is 4.90 Å². The molecule has 0 saturated carbocycles. The first-order valence-electron chi connectivity index (χ1n) is 9.08. The van der Waals surface area contributed by atoms with Crippen LogP contribution in [-0.4, -0.2) is 53.6 Å². The number of β-amino-alcohol motifs (C(OH)–C–C–N with tert-alkyl or cyclic N) is 1. The molecule has 7 heteroatoms. The highest BCUT2D eigenvalue weighted by atomic mass is 19.4. The van der Waals surface area contributed by atoms with Crippen molar-refractivity contribution in [2.45, 2.75) is 38.4 Å². The van der Waals surface area contributed by atoms with Crippen molar-refractivity contribution in [3.8, 4) is 0 Å². The molecule has 0 aromatic heterocycles. The molecule has 1 aromatic rings. The minimum absolute atomic E-state index is 0.0307. The summed E-state index contributed by atoms with van der Waals surface area (Å²) in [6.45, 7) is 3.38. The van der Waals surface area contributed by atoms with E-state index in [4.69, 9.17) is 5.11 Å². The number of amides is 1. The first kappa shape index (κ1) is 19.2. The van der Waals surface area contributed by atoms with E-state index in [0.717, 1.165) is 50.0 Å². The highest BCUT2D eigenvalue weighted by Gasteiger charge is 2.41. The Hall–Kier alpha value is -1.60. The van der Waals surface area contributed by atoms with Crippen molar-refractivity contribution in [2.24, 2.45) is 5.41 Å². The number of hydrogen-bond acceptors (Lipinski definition) is 3. The fourth-order valence-corrected chi connectivity index (χ4v) is 4.26. The van der Waals surface area contributed by atoms with E-state index in [1.165, 1.54) is 0 Å². The summed E-state index contributed by atoms with van der Waals surface area (Å²) in [5, 5.41) is 9.17. The monoisotopic (exact) mass is 370 g/mol. The SMILES string of the molecule is O=C1CC[C@@]2(CCCN(Cc3ccc(C(F)(F)F)cc3)C2)CN1CCO. The maximum absolute atomic E-state index is 12.7. The molecule has 0 radical (unpaired) electrons. The number of carbonyl (C=O) groups excluding carboxylic acids is 1. The van der Waals surface area contributed by atoms with Gasteiger partial charge in [-0.15, -0.1) is 0 Å². The van der Waals surface area contributed by atoms with Gasteiger partial charge in [0.05, 0.1) is 12.2 Å². The van der Waals surface area contributed by atoms with Crippen LogP contribution in [0.1, 0.15) is 36.8 Å². The van der Waals surface area contributed by atoms with Gasteiger partial charge in [0.2, 0.25) is 5.91 Å². The predicted molar refractivity (Wildman–Crippen MR) is 91.3 cm³/mol. The molecule has 0 unspecified atom stereocenters. The number of benzene rings is 1. The molecule has 1 spiro atoms. The summed E-state index contributed by atoms with van der Waals surface area (Å²) >= 11 is 0. The van der Waals surface area contributed by atoms with Crippen molar-refractivity contribution in [3.05, 3.63) is 35.4 Å². The number of piperidine rings is 2. The molecule has 2 aliphatic rings. The van der Waals surface area contributed by atoms with Crippen LogP contribution in [0.4, 0.5) is 13.2 Å². The molecule has 2 heterocycles. The largest absolute Gasteiger partial charge is 0.416 e. The smallest absolute Gasteiger partial charge is 0.395 e. The predicted octanol–water partition coefficient (Wildman–Crippen LogP) is 2.90. The van der Waals surface area contributed by atoms with Crippen LogP contribution in [0.5, 0.6) is 0 Å². The molecule has 0 aliphatic carbocycles. The molecular formula is C19H25F3N2O2. The normalized spacial score (nSPS) is 25.1. The second-order valence-corrected chi connectivity index (χ2v) is 7.55. The minimum Gasteiger partial charge on any atom is -0.395 e. The van der Waals surface area contributed by atoms with Crippen LogP contribution in [-0.2, 0) is 17.5 Å². The summed E-state index contributed by atoms with van der Waals surface area (Å²) in [6, 6.07) is 5.37. The molecule has 2 aliphatic heterocycles. The molecule has 4 nitrogen and oxygen atoms in total. The van der Waals surface area contributed by atoms with Crippen LogP contribution < -0.4 is 0 Å². The van der Waals surface area contributed by atoms with Gasteiger partial charge < -0.3 is 10.0 Å². The van der Waals surface area contributed by atoms with Gasteiger partial charge in [0, 0.05) is 38.0 Å². The number of aliphatic hydroxyl groups excluding tert-OH is 1. The zero-order valence-corrected chi connectivity index (χ0v) is 14.8. The fourth-order valence-electron chi connectivity index (χ4n) is 4.26. The third-order valence-electron chi connectivity index (χ3n) is 5.55. The fraction of sp³-hybridized carbons (Fsp3) is 0.632. The first-order chi connectivity index (χ1) is 12.3. The van der Waals surface area contributed by atoms with Gasteiger partial charge in [0.25, 0.3) is 0 Å². The molecular weight excluding hydrogens is 345 g/mol. The van der Waals surface area contributed by atoms with Gasteiger partial charge in [-0.3, -0.25) is 9.69 Å².